The van der Waals surface area contributed by atoms with Gasteiger partial charge in [-0.15, -0.1) is 0 Å². The van der Waals surface area contributed by atoms with Gasteiger partial charge >= 0.3 is 0 Å². The molecule has 1 amide bonds. The lowest BCUT2D eigenvalue weighted by molar-refractivity contribution is -0.136. The van der Waals surface area contributed by atoms with Crippen LogP contribution >= 0.6 is 0 Å². The Kier molecular flexibility index (Phi) is 4.41. The molecule has 1 aliphatic carbocycles. The third-order valence-corrected chi connectivity index (χ3v) is 6.61. The Hall–Kier alpha value is -2.63. The van der Waals surface area contributed by atoms with Crippen LogP contribution in [0.4, 0.5) is 5.69 Å². The van der Waals surface area contributed by atoms with E-state index in [-0.39, 0.29) is 12.0 Å². The Labute approximate surface area is 164 Å². The van der Waals surface area contributed by atoms with Crippen molar-refractivity contribution < 1.29 is 4.79 Å². The van der Waals surface area contributed by atoms with Gasteiger partial charge in [-0.2, -0.15) is 0 Å². The minimum Gasteiger partial charge on any atom is -0.369 e. The normalized spacial score (nSPS) is 20.9. The fraction of sp³-hybridized carbons (Fsp3) is 0.500. The predicted octanol–water partition coefficient (Wildman–Crippen LogP) is 3.73. The minimum absolute atomic E-state index is 0.243. The number of nitrogens with one attached hydrogen (secondary N) is 1. The number of carbonyl (C=O) groups excluding carboxylic acids is 1. The smallest absolute Gasteiger partial charge is 0.225 e. The topological polar surface area (TPSA) is 65.1 Å². The highest BCUT2D eigenvalue weighted by molar-refractivity contribution is 6.10. The summed E-state index contributed by atoms with van der Waals surface area (Å²) < 4.78 is 0. The van der Waals surface area contributed by atoms with Gasteiger partial charge in [0.2, 0.25) is 5.91 Å². The molecule has 1 unspecified atom stereocenters. The van der Waals surface area contributed by atoms with Crippen molar-refractivity contribution in [3.05, 3.63) is 30.7 Å². The second kappa shape index (κ2) is 7.08. The summed E-state index contributed by atoms with van der Waals surface area (Å²) in [6.45, 7) is 1.89. The fourth-order valence-corrected chi connectivity index (χ4v) is 5.03. The summed E-state index contributed by atoms with van der Waals surface area (Å²) in [4.78, 5) is 29.6. The molecule has 4 heterocycles. The third kappa shape index (κ3) is 2.91. The molecular formula is C22H27N5O. The number of nitrogens with zero attached hydrogens (tertiary/aromatic N) is 4. The first-order valence-corrected chi connectivity index (χ1v) is 10.4. The molecule has 6 nitrogen and oxygen atoms in total. The molecule has 6 heteroatoms. The van der Waals surface area contributed by atoms with Crippen molar-refractivity contribution in [2.24, 2.45) is 5.92 Å². The Balaban J connectivity index is 1.45. The van der Waals surface area contributed by atoms with E-state index in [0.29, 0.717) is 5.91 Å². The highest BCUT2D eigenvalue weighted by Gasteiger charge is 2.32. The number of likely N-dealkylation sites (N-methyl/N-ethyl adjacent to an activating group) is 1. The highest BCUT2D eigenvalue weighted by Crippen LogP contribution is 2.34. The molecule has 5 rings (SSSR count). The zero-order chi connectivity index (χ0) is 19.1. The van der Waals surface area contributed by atoms with Crippen molar-refractivity contribution in [3.8, 4) is 0 Å². The highest BCUT2D eigenvalue weighted by atomic mass is 16.2. The standard InChI is InChI=1S/C22H27N5O/c1-26(22(28)15-5-2-3-6-15)16-7-4-12-27(14-16)19-9-11-23-18-13-25-21-17(20(18)19)8-10-24-21/h8-11,13,15-16H,2-7,12,14H2,1H3,(H,24,25). The van der Waals surface area contributed by atoms with Gasteiger partial charge in [0.05, 0.1) is 11.7 Å². The Morgan fingerprint density at radius 3 is 2.89 bits per heavy atom. The molecule has 3 aromatic rings. The van der Waals surface area contributed by atoms with Crippen LogP contribution in [0.2, 0.25) is 0 Å². The lowest BCUT2D eigenvalue weighted by Gasteiger charge is -2.40. The van der Waals surface area contributed by atoms with Gasteiger partial charge in [0, 0.05) is 61.0 Å². The van der Waals surface area contributed by atoms with E-state index in [1.54, 1.807) is 0 Å². The first-order valence-electron chi connectivity index (χ1n) is 10.4. The second-order valence-electron chi connectivity index (χ2n) is 8.26. The Morgan fingerprint density at radius 2 is 2.04 bits per heavy atom. The van der Waals surface area contributed by atoms with Crippen molar-refractivity contribution in [2.45, 2.75) is 44.6 Å². The van der Waals surface area contributed by atoms with Crippen LogP contribution in [0.3, 0.4) is 0 Å². The molecule has 146 valence electrons. The van der Waals surface area contributed by atoms with Gasteiger partial charge in [0.1, 0.15) is 5.65 Å². The number of fused-ring (bicyclic) bond motifs is 3. The molecule has 0 aromatic carbocycles. The second-order valence-corrected chi connectivity index (χ2v) is 8.26. The van der Waals surface area contributed by atoms with Gasteiger partial charge in [0.15, 0.2) is 0 Å². The molecule has 0 bridgehead atoms. The average Bonchev–Trinajstić information content (AvgIpc) is 3.44. The quantitative estimate of drug-likeness (QED) is 0.755. The van der Waals surface area contributed by atoms with Gasteiger partial charge in [-0.05, 0) is 37.8 Å². The maximum absolute atomic E-state index is 12.9. The summed E-state index contributed by atoms with van der Waals surface area (Å²) >= 11 is 0. The van der Waals surface area contributed by atoms with E-state index in [0.717, 1.165) is 60.7 Å². The first-order chi connectivity index (χ1) is 13.7. The number of anilines is 1. The molecular weight excluding hydrogens is 350 g/mol. The number of rotatable bonds is 3. The Morgan fingerprint density at radius 1 is 1.18 bits per heavy atom. The molecule has 1 aliphatic heterocycles. The van der Waals surface area contributed by atoms with E-state index in [4.69, 9.17) is 0 Å². The van der Waals surface area contributed by atoms with Gasteiger partial charge in [-0.1, -0.05) is 12.8 Å². The van der Waals surface area contributed by atoms with Gasteiger partial charge in [-0.3, -0.25) is 9.78 Å². The van der Waals surface area contributed by atoms with Crippen LogP contribution in [0.5, 0.6) is 0 Å². The summed E-state index contributed by atoms with van der Waals surface area (Å²) in [7, 11) is 2.01. The molecule has 3 aromatic heterocycles. The van der Waals surface area contributed by atoms with Gasteiger partial charge in [-0.25, -0.2) is 4.98 Å². The third-order valence-electron chi connectivity index (χ3n) is 6.61. The van der Waals surface area contributed by atoms with E-state index in [1.807, 2.05) is 30.5 Å². The van der Waals surface area contributed by atoms with Crippen LogP contribution < -0.4 is 4.90 Å². The average molecular weight is 377 g/mol. The number of hydrogen-bond acceptors (Lipinski definition) is 4. The molecule has 0 radical (unpaired) electrons. The van der Waals surface area contributed by atoms with Crippen molar-refractivity contribution >= 4 is 33.5 Å². The van der Waals surface area contributed by atoms with Crippen LogP contribution in [0, 0.1) is 5.92 Å². The number of amides is 1. The number of pyridine rings is 2. The van der Waals surface area contributed by atoms with E-state index in [2.05, 4.69) is 32.0 Å². The van der Waals surface area contributed by atoms with E-state index < -0.39 is 0 Å². The molecule has 1 saturated carbocycles. The summed E-state index contributed by atoms with van der Waals surface area (Å²) in [6, 6.07) is 4.46. The van der Waals surface area contributed by atoms with Crippen molar-refractivity contribution in [3.63, 3.8) is 0 Å². The van der Waals surface area contributed by atoms with Crippen LogP contribution in [0.25, 0.3) is 21.9 Å². The predicted molar refractivity (Wildman–Crippen MR) is 111 cm³/mol. The maximum Gasteiger partial charge on any atom is 0.225 e. The van der Waals surface area contributed by atoms with E-state index >= 15 is 0 Å². The zero-order valence-electron chi connectivity index (χ0n) is 16.4. The number of H-pyrrole nitrogens is 1. The summed E-state index contributed by atoms with van der Waals surface area (Å²) in [5.74, 6) is 0.592. The summed E-state index contributed by atoms with van der Waals surface area (Å²) in [5.41, 5.74) is 3.01. The number of aromatic nitrogens is 3. The maximum atomic E-state index is 12.9. The lowest BCUT2D eigenvalue weighted by Crippen LogP contribution is -2.50. The molecule has 0 spiro atoms. The largest absolute Gasteiger partial charge is 0.369 e. The fourth-order valence-electron chi connectivity index (χ4n) is 5.03. The van der Waals surface area contributed by atoms with Crippen LogP contribution in [0.15, 0.2) is 30.7 Å². The SMILES string of the molecule is CN(C(=O)C1CCCC1)C1CCCN(c2ccnc3cnc4[nH]ccc4c23)C1. The van der Waals surface area contributed by atoms with Gasteiger partial charge in [0.25, 0.3) is 0 Å². The monoisotopic (exact) mass is 377 g/mol. The van der Waals surface area contributed by atoms with Crippen LogP contribution in [-0.2, 0) is 4.79 Å². The summed E-state index contributed by atoms with van der Waals surface area (Å²) in [5, 5.41) is 2.26. The van der Waals surface area contributed by atoms with E-state index in [1.165, 1.54) is 18.5 Å². The number of aromatic amines is 1. The zero-order valence-corrected chi connectivity index (χ0v) is 16.4. The summed E-state index contributed by atoms with van der Waals surface area (Å²) in [6.07, 6.45) is 12.3. The number of hydrogen-bond donors (Lipinski definition) is 1. The van der Waals surface area contributed by atoms with Crippen molar-refractivity contribution in [1.82, 2.24) is 19.9 Å². The molecule has 2 aliphatic rings. The molecule has 28 heavy (non-hydrogen) atoms. The van der Waals surface area contributed by atoms with E-state index in [9.17, 15) is 4.79 Å². The lowest BCUT2D eigenvalue weighted by atomic mass is 10.00. The number of piperidine rings is 1. The van der Waals surface area contributed by atoms with Crippen molar-refractivity contribution in [1.29, 1.82) is 0 Å². The van der Waals surface area contributed by atoms with Gasteiger partial charge < -0.3 is 14.8 Å². The molecule has 2 fully saturated rings. The molecule has 1 saturated heterocycles. The Bertz CT molecular complexity index is 1010. The minimum atomic E-state index is 0.243. The molecule has 1 atom stereocenters. The molecule has 1 N–H and O–H groups in total. The first kappa shape index (κ1) is 17.5. The number of carbonyl (C=O) groups is 1. The van der Waals surface area contributed by atoms with Crippen LogP contribution in [-0.4, -0.2) is 51.9 Å². The van der Waals surface area contributed by atoms with Crippen LogP contribution in [0.1, 0.15) is 38.5 Å². The van der Waals surface area contributed by atoms with Crippen molar-refractivity contribution in [2.75, 3.05) is 25.0 Å².